The molecule has 0 saturated carbocycles. The molecule has 0 bridgehead atoms. The number of ether oxygens (including phenoxy) is 1. The summed E-state index contributed by atoms with van der Waals surface area (Å²) in [7, 11) is 0. The number of fused-ring (bicyclic) bond motifs is 4. The number of carbonyl (C=O) groups excluding carboxylic acids is 1. The Balaban J connectivity index is 1.04. The minimum Gasteiger partial charge on any atom is -0.465 e. The molecule has 0 spiro atoms. The van der Waals surface area contributed by atoms with E-state index in [0.717, 1.165) is 86.5 Å². The number of rotatable bonds is 4. The monoisotopic (exact) mass is 642 g/mol. The molecule has 2 aromatic heterocycles. The number of hydrogen-bond donors (Lipinski definition) is 3. The maximum atomic E-state index is 12.8. The predicted octanol–water partition coefficient (Wildman–Crippen LogP) is 8.81. The summed E-state index contributed by atoms with van der Waals surface area (Å²) >= 11 is 0. The number of carbonyl (C=O) groups is 2. The summed E-state index contributed by atoms with van der Waals surface area (Å²) in [5.74, 6) is 1.49. The second-order valence-electron chi connectivity index (χ2n) is 13.9. The number of nitrogens with zero attached hydrogens (tertiary/aromatic N) is 4. The molecule has 2 amide bonds. The Morgan fingerprint density at radius 2 is 1.42 bits per heavy atom. The van der Waals surface area contributed by atoms with Crippen LogP contribution in [0, 0.1) is 0 Å². The molecule has 10 nitrogen and oxygen atoms in total. The summed E-state index contributed by atoms with van der Waals surface area (Å²) in [6, 6.07) is 23.1. The van der Waals surface area contributed by atoms with Gasteiger partial charge in [-0.15, -0.1) is 0 Å². The molecule has 4 heterocycles. The zero-order valence-corrected chi connectivity index (χ0v) is 27.3. The summed E-state index contributed by atoms with van der Waals surface area (Å²) in [5, 5.41) is 14.0. The number of aromatic nitrogens is 4. The van der Waals surface area contributed by atoms with Crippen LogP contribution in [0.1, 0.15) is 70.2 Å². The molecule has 2 atom stereocenters. The maximum absolute atomic E-state index is 12.8. The average Bonchev–Trinajstić information content (AvgIpc) is 3.88. The first-order chi connectivity index (χ1) is 23.1. The van der Waals surface area contributed by atoms with Crippen molar-refractivity contribution in [3.05, 3.63) is 84.6 Å². The summed E-state index contributed by atoms with van der Waals surface area (Å²) in [6.45, 7) is 6.85. The van der Waals surface area contributed by atoms with Crippen molar-refractivity contribution < 1.29 is 19.4 Å². The lowest BCUT2D eigenvalue weighted by atomic mass is 9.97. The van der Waals surface area contributed by atoms with Gasteiger partial charge in [-0.3, -0.25) is 9.80 Å². The number of likely N-dealkylation sites (tertiary alicyclic amines) is 2. The van der Waals surface area contributed by atoms with Gasteiger partial charge in [-0.1, -0.05) is 42.5 Å². The van der Waals surface area contributed by atoms with Gasteiger partial charge in [-0.25, -0.2) is 19.6 Å². The number of benzene rings is 4. The van der Waals surface area contributed by atoms with Crippen LogP contribution in [0.25, 0.3) is 55.0 Å². The number of aromatic amines is 2. The third-order valence-electron chi connectivity index (χ3n) is 9.58. The molecule has 6 aromatic rings. The van der Waals surface area contributed by atoms with Crippen molar-refractivity contribution in [2.45, 2.75) is 64.1 Å². The number of hydrogen-bond acceptors (Lipinski definition) is 5. The highest BCUT2D eigenvalue weighted by Crippen LogP contribution is 2.36. The van der Waals surface area contributed by atoms with Crippen LogP contribution in [0.15, 0.2) is 72.9 Å². The van der Waals surface area contributed by atoms with Crippen molar-refractivity contribution in [3.63, 3.8) is 0 Å². The average molecular weight is 643 g/mol. The van der Waals surface area contributed by atoms with Gasteiger partial charge in [0.1, 0.15) is 17.2 Å². The van der Waals surface area contributed by atoms with E-state index >= 15 is 0 Å². The molecule has 244 valence electrons. The third kappa shape index (κ3) is 5.40. The van der Waals surface area contributed by atoms with Crippen molar-refractivity contribution in [1.29, 1.82) is 0 Å². The second-order valence-corrected chi connectivity index (χ2v) is 13.9. The van der Waals surface area contributed by atoms with Crippen molar-refractivity contribution in [2.24, 2.45) is 0 Å². The van der Waals surface area contributed by atoms with Crippen LogP contribution in [-0.4, -0.2) is 65.7 Å². The molecule has 2 aliphatic rings. The first kappa shape index (κ1) is 30.0. The molecular weight excluding hydrogens is 604 g/mol. The van der Waals surface area contributed by atoms with E-state index in [1.807, 2.05) is 33.0 Å². The van der Waals surface area contributed by atoms with E-state index < -0.39 is 11.7 Å². The van der Waals surface area contributed by atoms with Crippen LogP contribution in [0.4, 0.5) is 9.59 Å². The first-order valence-electron chi connectivity index (χ1n) is 16.6. The van der Waals surface area contributed by atoms with Gasteiger partial charge in [0.25, 0.3) is 0 Å². The highest BCUT2D eigenvalue weighted by Gasteiger charge is 2.35. The smallest absolute Gasteiger partial charge is 0.410 e. The molecule has 8 rings (SSSR count). The van der Waals surface area contributed by atoms with E-state index in [4.69, 9.17) is 9.72 Å². The number of carboxylic acid groups (broad SMARTS) is 1. The standard InChI is InChI=1S/C38H38N6O4/c1-38(2,3)48-37(47)44-17-5-6-31(44)34-39-21-30(41-34)27-11-10-23-18-22(8-9-24(23)20-27)25-12-14-28-26(19-25)13-15-29-33(28)42-35(40-29)32-7-4-16-43(32)36(45)46/h8-15,18-21,31-32H,4-7,16-17H2,1-3H3,(H,39,41)(H,40,42)(H,45,46). The lowest BCUT2D eigenvalue weighted by Gasteiger charge is -2.27. The van der Waals surface area contributed by atoms with Crippen molar-refractivity contribution in [2.75, 3.05) is 13.1 Å². The molecule has 10 heteroatoms. The van der Waals surface area contributed by atoms with E-state index in [2.05, 4.69) is 75.6 Å². The van der Waals surface area contributed by atoms with Crippen molar-refractivity contribution in [1.82, 2.24) is 29.7 Å². The normalized spacial score (nSPS) is 18.4. The molecule has 0 aliphatic carbocycles. The van der Waals surface area contributed by atoms with Gasteiger partial charge in [0.2, 0.25) is 0 Å². The van der Waals surface area contributed by atoms with Gasteiger partial charge >= 0.3 is 12.2 Å². The van der Waals surface area contributed by atoms with Gasteiger partial charge in [-0.05, 0) is 98.0 Å². The van der Waals surface area contributed by atoms with Crippen molar-refractivity contribution >= 4 is 44.8 Å². The van der Waals surface area contributed by atoms with Gasteiger partial charge in [0.05, 0.1) is 35.0 Å². The molecule has 2 saturated heterocycles. The topological polar surface area (TPSA) is 127 Å². The van der Waals surface area contributed by atoms with Gasteiger partial charge in [0.15, 0.2) is 0 Å². The lowest BCUT2D eigenvalue weighted by molar-refractivity contribution is 0.0218. The maximum Gasteiger partial charge on any atom is 0.410 e. The number of imidazole rings is 2. The third-order valence-corrected chi connectivity index (χ3v) is 9.58. The fourth-order valence-electron chi connectivity index (χ4n) is 7.28. The highest BCUT2D eigenvalue weighted by molar-refractivity contribution is 6.05. The second kappa shape index (κ2) is 11.4. The zero-order chi connectivity index (χ0) is 33.2. The quantitative estimate of drug-likeness (QED) is 0.176. The number of H-pyrrole nitrogens is 2. The predicted molar refractivity (Wildman–Crippen MR) is 186 cm³/mol. The molecule has 0 radical (unpaired) electrons. The van der Waals surface area contributed by atoms with E-state index in [0.29, 0.717) is 18.9 Å². The minimum absolute atomic E-state index is 0.125. The molecule has 48 heavy (non-hydrogen) atoms. The van der Waals surface area contributed by atoms with Gasteiger partial charge in [0, 0.05) is 24.0 Å². The van der Waals surface area contributed by atoms with E-state index in [9.17, 15) is 14.7 Å². The largest absolute Gasteiger partial charge is 0.465 e. The molecule has 2 fully saturated rings. The molecule has 2 aliphatic heterocycles. The fourth-order valence-corrected chi connectivity index (χ4v) is 7.28. The molecule has 4 aromatic carbocycles. The van der Waals surface area contributed by atoms with Gasteiger partial charge in [-0.2, -0.15) is 0 Å². The summed E-state index contributed by atoms with van der Waals surface area (Å²) in [6.07, 6.45) is 4.02. The van der Waals surface area contributed by atoms with Crippen LogP contribution >= 0.6 is 0 Å². The minimum atomic E-state index is -0.901. The fraction of sp³-hybridized carbons (Fsp3) is 0.316. The van der Waals surface area contributed by atoms with Crippen LogP contribution in [-0.2, 0) is 4.74 Å². The first-order valence-corrected chi connectivity index (χ1v) is 16.6. The summed E-state index contributed by atoms with van der Waals surface area (Å²) in [5.41, 5.74) is 5.43. The number of nitrogens with one attached hydrogen (secondary N) is 2. The van der Waals surface area contributed by atoms with Crippen LogP contribution < -0.4 is 0 Å². The van der Waals surface area contributed by atoms with Crippen LogP contribution in [0.5, 0.6) is 0 Å². The Labute approximate surface area is 277 Å². The summed E-state index contributed by atoms with van der Waals surface area (Å²) < 4.78 is 5.64. The van der Waals surface area contributed by atoms with Crippen LogP contribution in [0.2, 0.25) is 0 Å². The van der Waals surface area contributed by atoms with E-state index in [1.165, 1.54) is 4.90 Å². The number of amides is 2. The molecule has 3 N–H and O–H groups in total. The molecule has 2 unspecified atom stereocenters. The lowest BCUT2D eigenvalue weighted by Crippen LogP contribution is -2.36. The van der Waals surface area contributed by atoms with Crippen LogP contribution in [0.3, 0.4) is 0 Å². The molecular formula is C38H38N6O4. The Hall–Kier alpha value is -5.38. The Morgan fingerprint density at radius 3 is 2.15 bits per heavy atom. The SMILES string of the molecule is CC(C)(C)OC(=O)N1CCCC1c1ncc(-c2ccc3cc(-c4ccc5c(ccc6nc(C7CCCN7C(=O)O)[nH]c65)c4)ccc3c2)[nH]1. The van der Waals surface area contributed by atoms with Crippen molar-refractivity contribution in [3.8, 4) is 22.4 Å². The van der Waals surface area contributed by atoms with E-state index in [-0.39, 0.29) is 18.2 Å². The zero-order valence-electron chi connectivity index (χ0n) is 27.3. The summed E-state index contributed by atoms with van der Waals surface area (Å²) in [4.78, 5) is 44.2. The Kier molecular flexibility index (Phi) is 7.12. The Bertz CT molecular complexity index is 2210. The van der Waals surface area contributed by atoms with Gasteiger partial charge < -0.3 is 19.8 Å². The highest BCUT2D eigenvalue weighted by atomic mass is 16.6. The van der Waals surface area contributed by atoms with E-state index in [1.54, 1.807) is 4.90 Å². The Morgan fingerprint density at radius 1 is 0.792 bits per heavy atom.